The molecule has 24 heavy (non-hydrogen) atoms. The molecule has 0 saturated carbocycles. The van der Waals surface area contributed by atoms with Crippen LogP contribution in [0.1, 0.15) is 16.8 Å². The number of H-pyrrole nitrogens is 1. The number of aromatic amines is 1. The van der Waals surface area contributed by atoms with Gasteiger partial charge >= 0.3 is 0 Å². The maximum atomic E-state index is 7.22. The van der Waals surface area contributed by atoms with Crippen LogP contribution in [0.25, 0.3) is 16.1 Å². The highest BCUT2D eigenvalue weighted by atomic mass is 35.5. The lowest BCUT2D eigenvalue weighted by Crippen LogP contribution is -1.98. The first-order chi connectivity index (χ1) is 11.5. The van der Waals surface area contributed by atoms with Gasteiger partial charge in [-0.05, 0) is 56.2 Å². The van der Waals surface area contributed by atoms with E-state index in [0.29, 0.717) is 11.8 Å². The van der Waals surface area contributed by atoms with Crippen LogP contribution in [0, 0.1) is 27.3 Å². The molecule has 0 spiro atoms. The van der Waals surface area contributed by atoms with Gasteiger partial charge in [-0.3, -0.25) is 0 Å². The zero-order valence-electron chi connectivity index (χ0n) is 13.6. The van der Waals surface area contributed by atoms with Gasteiger partial charge in [-0.25, -0.2) is 9.97 Å². The molecule has 0 amide bonds. The van der Waals surface area contributed by atoms with Gasteiger partial charge in [0, 0.05) is 22.5 Å². The van der Waals surface area contributed by atoms with Gasteiger partial charge in [-0.1, -0.05) is 18.2 Å². The van der Waals surface area contributed by atoms with Crippen molar-refractivity contribution in [3.63, 3.8) is 0 Å². The average Bonchev–Trinajstić information content (AvgIpc) is 2.85. The van der Waals surface area contributed by atoms with E-state index in [9.17, 15) is 0 Å². The first-order valence-corrected chi connectivity index (χ1v) is 7.80. The van der Waals surface area contributed by atoms with Crippen LogP contribution in [0.4, 0.5) is 17.5 Å². The monoisotopic (exact) mass is 337 g/mol. The molecule has 2 N–H and O–H groups in total. The molecule has 2 heterocycles. The van der Waals surface area contributed by atoms with E-state index in [-0.39, 0.29) is 0 Å². The molecular weight excluding hydrogens is 322 g/mol. The first kappa shape index (κ1) is 16.0. The summed E-state index contributed by atoms with van der Waals surface area (Å²) < 4.78 is 0. The number of hydrogen-bond acceptors (Lipinski definition) is 3. The molecular formula is C18H16ClN5. The van der Waals surface area contributed by atoms with Crippen molar-refractivity contribution in [1.82, 2.24) is 15.0 Å². The topological polar surface area (TPSA) is 58.0 Å². The van der Waals surface area contributed by atoms with E-state index in [4.69, 9.17) is 18.2 Å². The molecule has 0 saturated heterocycles. The number of hydrogen-bond donors (Lipinski definition) is 2. The molecule has 3 rings (SSSR count). The fourth-order valence-electron chi connectivity index (χ4n) is 2.64. The molecule has 1 aromatic carbocycles. The summed E-state index contributed by atoms with van der Waals surface area (Å²) >= 11 is 6.05. The second-order valence-corrected chi connectivity index (χ2v) is 5.97. The molecule has 120 valence electrons. The minimum atomic E-state index is 0.499. The predicted molar refractivity (Wildman–Crippen MR) is 97.0 cm³/mol. The third-order valence-electron chi connectivity index (χ3n) is 3.85. The maximum Gasteiger partial charge on any atom is 0.231 e. The number of nitrogens with one attached hydrogen (secondary N) is 2. The van der Waals surface area contributed by atoms with Gasteiger partial charge in [0.05, 0.1) is 11.4 Å². The van der Waals surface area contributed by atoms with Gasteiger partial charge in [0.1, 0.15) is 0 Å². The first-order valence-electron chi connectivity index (χ1n) is 7.43. The van der Waals surface area contributed by atoms with Crippen LogP contribution in [0.15, 0.2) is 30.5 Å². The van der Waals surface area contributed by atoms with E-state index in [0.717, 1.165) is 38.8 Å². The lowest BCUT2D eigenvalue weighted by molar-refractivity contribution is 1.16. The van der Waals surface area contributed by atoms with Gasteiger partial charge in [-0.2, -0.15) is 0 Å². The summed E-state index contributed by atoms with van der Waals surface area (Å²) in [6.07, 6.45) is 1.71. The largest absolute Gasteiger partial charge is 0.364 e. The molecule has 0 atom stereocenters. The highest BCUT2D eigenvalue weighted by Gasteiger charge is 2.16. The van der Waals surface area contributed by atoms with Crippen molar-refractivity contribution in [3.05, 3.63) is 63.7 Å². The highest BCUT2D eigenvalue weighted by molar-refractivity contribution is 6.31. The van der Waals surface area contributed by atoms with Crippen molar-refractivity contribution in [1.29, 1.82) is 0 Å². The van der Waals surface area contributed by atoms with E-state index < -0.39 is 0 Å². The number of benzene rings is 1. The van der Waals surface area contributed by atoms with Gasteiger partial charge in [0.25, 0.3) is 0 Å². The summed E-state index contributed by atoms with van der Waals surface area (Å²) in [6, 6.07) is 7.51. The molecule has 0 aliphatic heterocycles. The number of anilines is 2. The zero-order valence-corrected chi connectivity index (χ0v) is 14.4. The molecule has 0 aliphatic rings. The van der Waals surface area contributed by atoms with Crippen molar-refractivity contribution in [3.8, 4) is 11.3 Å². The van der Waals surface area contributed by atoms with E-state index in [2.05, 4.69) is 25.1 Å². The molecule has 2 aromatic heterocycles. The summed E-state index contributed by atoms with van der Waals surface area (Å²) in [4.78, 5) is 15.5. The Morgan fingerprint density at radius 3 is 2.67 bits per heavy atom. The highest BCUT2D eigenvalue weighted by Crippen LogP contribution is 2.32. The van der Waals surface area contributed by atoms with Gasteiger partial charge in [0.15, 0.2) is 0 Å². The summed E-state index contributed by atoms with van der Waals surface area (Å²) in [5, 5.41) is 3.91. The normalized spacial score (nSPS) is 10.5. The van der Waals surface area contributed by atoms with Crippen LogP contribution >= 0.6 is 11.6 Å². The van der Waals surface area contributed by atoms with Crippen molar-refractivity contribution in [2.75, 3.05) is 5.32 Å². The summed E-state index contributed by atoms with van der Waals surface area (Å²) in [6.45, 7) is 13.0. The zero-order chi connectivity index (χ0) is 17.3. The van der Waals surface area contributed by atoms with Gasteiger partial charge in [0.2, 0.25) is 11.8 Å². The van der Waals surface area contributed by atoms with E-state index in [1.807, 2.05) is 45.0 Å². The van der Waals surface area contributed by atoms with Gasteiger partial charge < -0.3 is 15.1 Å². The standard InChI is InChI=1S/C18H16ClN5/c1-10-9-13(5-6-14(10)19)23-18-21-8-7-15(24-18)16-11(2)17(20-4)22-12(16)3/h5-9,22H,1-3H3,(H,21,23,24). The molecule has 0 bridgehead atoms. The molecule has 0 fully saturated rings. The summed E-state index contributed by atoms with van der Waals surface area (Å²) in [5.74, 6) is 1.04. The van der Waals surface area contributed by atoms with Gasteiger partial charge in [-0.15, -0.1) is 0 Å². The Bertz CT molecular complexity index is 953. The summed E-state index contributed by atoms with van der Waals surface area (Å²) in [7, 11) is 0. The molecule has 0 radical (unpaired) electrons. The van der Waals surface area contributed by atoms with Crippen LogP contribution < -0.4 is 5.32 Å². The van der Waals surface area contributed by atoms with Crippen molar-refractivity contribution in [2.45, 2.75) is 20.8 Å². The average molecular weight is 338 g/mol. The third-order valence-corrected chi connectivity index (χ3v) is 4.27. The minimum absolute atomic E-state index is 0.499. The molecule has 3 aromatic rings. The van der Waals surface area contributed by atoms with Crippen LogP contribution in [0.2, 0.25) is 5.02 Å². The summed E-state index contributed by atoms with van der Waals surface area (Å²) in [5.41, 5.74) is 5.40. The van der Waals surface area contributed by atoms with Crippen LogP contribution in [0.3, 0.4) is 0 Å². The fourth-order valence-corrected chi connectivity index (χ4v) is 2.76. The number of halogens is 1. The van der Waals surface area contributed by atoms with Crippen molar-refractivity contribution in [2.24, 2.45) is 0 Å². The van der Waals surface area contributed by atoms with Crippen LogP contribution in [0.5, 0.6) is 0 Å². The minimum Gasteiger partial charge on any atom is -0.364 e. The second-order valence-electron chi connectivity index (χ2n) is 5.56. The number of aromatic nitrogens is 3. The Kier molecular flexibility index (Phi) is 4.24. The molecule has 6 heteroatoms. The Labute approximate surface area is 145 Å². The Hall–Kier alpha value is -2.84. The van der Waals surface area contributed by atoms with Crippen molar-refractivity contribution >= 4 is 29.1 Å². The smallest absolute Gasteiger partial charge is 0.231 e. The predicted octanol–water partition coefficient (Wildman–Crippen LogP) is 5.34. The Balaban J connectivity index is 1.97. The third kappa shape index (κ3) is 2.97. The van der Waals surface area contributed by atoms with E-state index >= 15 is 0 Å². The Morgan fingerprint density at radius 2 is 2.00 bits per heavy atom. The SMILES string of the molecule is [C-]#[N+]c1[nH]c(C)c(-c2ccnc(Nc3ccc(Cl)c(C)c3)n2)c1C. The maximum absolute atomic E-state index is 7.22. The van der Waals surface area contributed by atoms with Crippen LogP contribution in [-0.2, 0) is 0 Å². The van der Waals surface area contributed by atoms with Crippen LogP contribution in [-0.4, -0.2) is 15.0 Å². The molecule has 0 aliphatic carbocycles. The number of nitrogens with zero attached hydrogens (tertiary/aromatic N) is 3. The number of rotatable bonds is 3. The lowest BCUT2D eigenvalue weighted by Gasteiger charge is -2.08. The van der Waals surface area contributed by atoms with E-state index in [1.165, 1.54) is 0 Å². The van der Waals surface area contributed by atoms with Crippen molar-refractivity contribution < 1.29 is 0 Å². The number of aryl methyl sites for hydroxylation is 2. The molecule has 0 unspecified atom stereocenters. The lowest BCUT2D eigenvalue weighted by atomic mass is 10.1. The quantitative estimate of drug-likeness (QED) is 0.634. The molecule has 5 nitrogen and oxygen atoms in total. The van der Waals surface area contributed by atoms with E-state index in [1.54, 1.807) is 6.20 Å². The Morgan fingerprint density at radius 1 is 1.21 bits per heavy atom. The fraction of sp³-hybridized carbons (Fsp3) is 0.167. The second kappa shape index (κ2) is 6.34.